The van der Waals surface area contributed by atoms with E-state index in [4.69, 9.17) is 11.3 Å². The first-order valence-corrected chi connectivity index (χ1v) is 4.91. The highest BCUT2D eigenvalue weighted by Gasteiger charge is 2.15. The van der Waals surface area contributed by atoms with Crippen molar-refractivity contribution in [2.45, 2.75) is 19.4 Å². The van der Waals surface area contributed by atoms with Gasteiger partial charge in [-0.2, -0.15) is 0 Å². The fraction of sp³-hybridized carbons (Fsp3) is 0.417. The van der Waals surface area contributed by atoms with Crippen LogP contribution < -0.4 is 4.74 Å². The van der Waals surface area contributed by atoms with Crippen molar-refractivity contribution in [3.05, 3.63) is 40.7 Å². The number of aliphatic hydroxyl groups is 1. The molecule has 0 saturated heterocycles. The summed E-state index contributed by atoms with van der Waals surface area (Å²) in [4.78, 5) is 3.17. The minimum absolute atomic E-state index is 0.0713. The number of nitrogens with zero attached hydrogens (tertiary/aromatic N) is 1. The van der Waals surface area contributed by atoms with E-state index in [1.807, 2.05) is 18.2 Å². The van der Waals surface area contributed by atoms with E-state index >= 15 is 0 Å². The van der Waals surface area contributed by atoms with Crippen LogP contribution in [0.1, 0.15) is 24.2 Å². The summed E-state index contributed by atoms with van der Waals surface area (Å²) < 4.78 is 5.19. The molecule has 0 aliphatic heterocycles. The highest BCUT2D eigenvalue weighted by Crippen LogP contribution is 2.26. The Kier molecular flexibility index (Phi) is 4.14. The minimum atomic E-state index is -0.761. The number of hydrogen-bond acceptors (Lipinski definition) is 2. The molecule has 80 valence electrons. The smallest absolute Gasteiger partial charge is 0.244 e. The molecule has 1 atom stereocenters. The van der Waals surface area contributed by atoms with E-state index in [0.29, 0.717) is 11.3 Å². The van der Waals surface area contributed by atoms with E-state index < -0.39 is 6.10 Å². The molecule has 3 nitrogen and oxygen atoms in total. The second-order valence-electron chi connectivity index (χ2n) is 3.29. The van der Waals surface area contributed by atoms with E-state index in [0.717, 1.165) is 12.0 Å². The van der Waals surface area contributed by atoms with Crippen LogP contribution in [0.15, 0.2) is 18.2 Å². The van der Waals surface area contributed by atoms with Gasteiger partial charge in [0.2, 0.25) is 6.54 Å². The van der Waals surface area contributed by atoms with Crippen LogP contribution >= 0.6 is 0 Å². The number of benzene rings is 1. The molecule has 1 unspecified atom stereocenters. The number of ether oxygens (including phenoxy) is 1. The molecule has 0 aromatic heterocycles. The van der Waals surface area contributed by atoms with Crippen molar-refractivity contribution in [2.75, 3.05) is 13.7 Å². The van der Waals surface area contributed by atoms with Crippen molar-refractivity contribution in [2.24, 2.45) is 0 Å². The average Bonchev–Trinajstić information content (AvgIpc) is 2.28. The van der Waals surface area contributed by atoms with Crippen LogP contribution in [-0.4, -0.2) is 18.8 Å². The third-order valence-electron chi connectivity index (χ3n) is 2.33. The number of rotatable bonds is 4. The van der Waals surface area contributed by atoms with Gasteiger partial charge >= 0.3 is 0 Å². The van der Waals surface area contributed by atoms with Crippen molar-refractivity contribution in [3.8, 4) is 5.75 Å². The molecule has 0 heterocycles. The summed E-state index contributed by atoms with van der Waals surface area (Å²) in [5, 5.41) is 9.70. The number of methoxy groups -OCH3 is 1. The van der Waals surface area contributed by atoms with E-state index in [2.05, 4.69) is 11.8 Å². The molecule has 0 saturated carbocycles. The van der Waals surface area contributed by atoms with Crippen LogP contribution in [0.3, 0.4) is 0 Å². The second kappa shape index (κ2) is 5.38. The van der Waals surface area contributed by atoms with Gasteiger partial charge in [-0.1, -0.05) is 19.1 Å². The normalized spacial score (nSPS) is 11.9. The van der Waals surface area contributed by atoms with E-state index in [9.17, 15) is 5.11 Å². The Morgan fingerprint density at radius 3 is 2.80 bits per heavy atom. The van der Waals surface area contributed by atoms with Gasteiger partial charge in [-0.15, -0.1) is 0 Å². The molecule has 3 heteroatoms. The highest BCUT2D eigenvalue weighted by atomic mass is 16.5. The van der Waals surface area contributed by atoms with Crippen molar-refractivity contribution < 1.29 is 9.84 Å². The lowest BCUT2D eigenvalue weighted by atomic mass is 10.0. The Bertz CT molecular complexity index is 368. The fourth-order valence-corrected chi connectivity index (χ4v) is 1.44. The summed E-state index contributed by atoms with van der Waals surface area (Å²) in [6.45, 7) is 8.84. The van der Waals surface area contributed by atoms with Crippen LogP contribution in [0.5, 0.6) is 5.75 Å². The van der Waals surface area contributed by atoms with Gasteiger partial charge in [0.05, 0.1) is 7.11 Å². The maximum atomic E-state index is 9.70. The molecule has 0 amide bonds. The maximum Gasteiger partial charge on any atom is 0.244 e. The molecular weight excluding hydrogens is 190 g/mol. The van der Waals surface area contributed by atoms with Crippen molar-refractivity contribution in [1.29, 1.82) is 0 Å². The molecule has 0 bridgehead atoms. The summed E-state index contributed by atoms with van der Waals surface area (Å²) >= 11 is 0. The number of aryl methyl sites for hydroxylation is 1. The largest absolute Gasteiger partial charge is 0.496 e. The van der Waals surface area contributed by atoms with Crippen molar-refractivity contribution >= 4 is 0 Å². The van der Waals surface area contributed by atoms with Gasteiger partial charge in [0.15, 0.2) is 6.10 Å². The van der Waals surface area contributed by atoms with Crippen LogP contribution in [0.2, 0.25) is 0 Å². The third kappa shape index (κ3) is 2.71. The summed E-state index contributed by atoms with van der Waals surface area (Å²) in [5.74, 6) is 0.658. The van der Waals surface area contributed by atoms with E-state index in [-0.39, 0.29) is 6.54 Å². The lowest BCUT2D eigenvalue weighted by Crippen LogP contribution is -2.03. The van der Waals surface area contributed by atoms with Gasteiger partial charge in [-0.25, -0.2) is 6.57 Å². The lowest BCUT2D eigenvalue weighted by Gasteiger charge is -2.11. The van der Waals surface area contributed by atoms with Gasteiger partial charge in [0, 0.05) is 5.56 Å². The highest BCUT2D eigenvalue weighted by molar-refractivity contribution is 5.39. The molecule has 1 aromatic carbocycles. The standard InChI is InChI=1S/C12H15NO2/c1-4-9-5-6-10(11(14)8-13-2)12(7-9)15-3/h5-7,11,14H,4,8H2,1,3H3. The number of aliphatic hydroxyl groups excluding tert-OH is 1. The summed E-state index contributed by atoms with van der Waals surface area (Å²) in [5.41, 5.74) is 1.84. The first-order valence-electron chi connectivity index (χ1n) is 4.91. The molecule has 0 aliphatic carbocycles. The zero-order valence-corrected chi connectivity index (χ0v) is 9.03. The quantitative estimate of drug-likeness (QED) is 0.765. The SMILES string of the molecule is [C-]#[N+]CC(O)c1ccc(CC)cc1OC. The van der Waals surface area contributed by atoms with Crippen LogP contribution in [0, 0.1) is 6.57 Å². The van der Waals surface area contributed by atoms with Crippen LogP contribution in [0.25, 0.3) is 4.85 Å². The topological polar surface area (TPSA) is 33.8 Å². The summed E-state index contributed by atoms with van der Waals surface area (Å²) in [6, 6.07) is 5.68. The van der Waals surface area contributed by atoms with Gasteiger partial charge in [0.1, 0.15) is 5.75 Å². The zero-order valence-electron chi connectivity index (χ0n) is 9.03. The van der Waals surface area contributed by atoms with Crippen LogP contribution in [0.4, 0.5) is 0 Å². The van der Waals surface area contributed by atoms with Gasteiger partial charge in [0.25, 0.3) is 0 Å². The molecule has 15 heavy (non-hydrogen) atoms. The second-order valence-corrected chi connectivity index (χ2v) is 3.29. The van der Waals surface area contributed by atoms with Gasteiger partial charge in [-0.05, 0) is 18.1 Å². The predicted octanol–water partition coefficient (Wildman–Crippen LogP) is 2.21. The molecule has 0 fully saturated rings. The first-order chi connectivity index (χ1) is 7.22. The monoisotopic (exact) mass is 205 g/mol. The van der Waals surface area contributed by atoms with E-state index in [1.54, 1.807) is 7.11 Å². The Hall–Kier alpha value is -1.53. The number of hydrogen-bond donors (Lipinski definition) is 1. The van der Waals surface area contributed by atoms with Crippen molar-refractivity contribution in [1.82, 2.24) is 0 Å². The Morgan fingerprint density at radius 1 is 1.53 bits per heavy atom. The molecule has 0 radical (unpaired) electrons. The molecule has 1 aromatic rings. The Morgan fingerprint density at radius 2 is 2.27 bits per heavy atom. The lowest BCUT2D eigenvalue weighted by molar-refractivity contribution is 0.190. The molecule has 1 rings (SSSR count). The van der Waals surface area contributed by atoms with Gasteiger partial charge in [-0.3, -0.25) is 0 Å². The van der Waals surface area contributed by atoms with Gasteiger partial charge < -0.3 is 14.7 Å². The first kappa shape index (κ1) is 11.5. The Balaban J connectivity index is 3.02. The zero-order chi connectivity index (χ0) is 11.3. The van der Waals surface area contributed by atoms with Crippen molar-refractivity contribution in [3.63, 3.8) is 0 Å². The predicted molar refractivity (Wildman–Crippen MR) is 58.8 cm³/mol. The molecular formula is C12H15NO2. The maximum absolute atomic E-state index is 9.70. The summed E-state index contributed by atoms with van der Waals surface area (Å²) in [6.07, 6.45) is 0.165. The Labute approximate surface area is 90.1 Å². The summed E-state index contributed by atoms with van der Waals surface area (Å²) in [7, 11) is 1.57. The fourth-order valence-electron chi connectivity index (χ4n) is 1.44. The molecule has 1 N–H and O–H groups in total. The van der Waals surface area contributed by atoms with Crippen LogP contribution in [-0.2, 0) is 6.42 Å². The average molecular weight is 205 g/mol. The third-order valence-corrected chi connectivity index (χ3v) is 2.33. The molecule has 0 spiro atoms. The molecule has 0 aliphatic rings. The minimum Gasteiger partial charge on any atom is -0.496 e. The van der Waals surface area contributed by atoms with E-state index in [1.165, 1.54) is 0 Å².